The Balaban J connectivity index is 1.10. The van der Waals surface area contributed by atoms with Crippen molar-refractivity contribution >= 4 is 54.1 Å². The molecule has 11 aromatic rings. The van der Waals surface area contributed by atoms with E-state index in [9.17, 15) is 0 Å². The van der Waals surface area contributed by atoms with E-state index in [1.807, 2.05) is 0 Å². The lowest BCUT2D eigenvalue weighted by Crippen LogP contribution is -1.97. The number of benzene rings is 9. The van der Waals surface area contributed by atoms with Gasteiger partial charge in [-0.25, -0.2) is 0 Å². The predicted molar refractivity (Wildman–Crippen MR) is 229 cm³/mol. The van der Waals surface area contributed by atoms with Crippen LogP contribution in [0.15, 0.2) is 206 Å². The zero-order chi connectivity index (χ0) is 35.6. The molecule has 2 heteroatoms. The van der Waals surface area contributed by atoms with E-state index in [0.29, 0.717) is 0 Å². The van der Waals surface area contributed by atoms with Crippen molar-refractivity contribution in [2.75, 3.05) is 0 Å². The quantitative estimate of drug-likeness (QED) is 0.171. The lowest BCUT2D eigenvalue weighted by Gasteiger charge is -2.14. The molecule has 0 amide bonds. The van der Waals surface area contributed by atoms with Gasteiger partial charge in [0.1, 0.15) is 0 Å². The topological polar surface area (TPSA) is 9.86 Å². The van der Waals surface area contributed by atoms with E-state index in [-0.39, 0.29) is 0 Å². The highest BCUT2D eigenvalue weighted by atomic mass is 15.0. The van der Waals surface area contributed by atoms with E-state index in [1.165, 1.54) is 87.8 Å². The van der Waals surface area contributed by atoms with Crippen molar-refractivity contribution in [1.82, 2.24) is 9.13 Å². The van der Waals surface area contributed by atoms with Crippen LogP contribution >= 0.6 is 0 Å². The lowest BCUT2D eigenvalue weighted by atomic mass is 10.0. The molecule has 0 saturated carbocycles. The van der Waals surface area contributed by atoms with Crippen LogP contribution < -0.4 is 0 Å². The first-order chi connectivity index (χ1) is 26.7. The van der Waals surface area contributed by atoms with Crippen LogP contribution in [0.4, 0.5) is 0 Å². The summed E-state index contributed by atoms with van der Waals surface area (Å²) in [6.45, 7) is 0. The van der Waals surface area contributed by atoms with E-state index in [1.54, 1.807) is 0 Å². The predicted octanol–water partition coefficient (Wildman–Crippen LogP) is 14.0. The maximum absolute atomic E-state index is 2.44. The third-order valence-electron chi connectivity index (χ3n) is 11.0. The van der Waals surface area contributed by atoms with Crippen molar-refractivity contribution in [2.45, 2.75) is 0 Å². The molecule has 9 aromatic carbocycles. The molecule has 0 radical (unpaired) electrons. The van der Waals surface area contributed by atoms with Crippen molar-refractivity contribution < 1.29 is 0 Å². The average molecular weight is 687 g/mol. The Labute approximate surface area is 313 Å². The zero-order valence-corrected chi connectivity index (χ0v) is 29.5. The smallest absolute Gasteiger partial charge is 0.0541 e. The van der Waals surface area contributed by atoms with Gasteiger partial charge in [0.2, 0.25) is 0 Å². The fourth-order valence-corrected chi connectivity index (χ4v) is 8.35. The Kier molecular flexibility index (Phi) is 6.90. The van der Waals surface area contributed by atoms with E-state index in [0.717, 1.165) is 11.4 Å². The van der Waals surface area contributed by atoms with Crippen LogP contribution in [-0.2, 0) is 0 Å². The molecule has 0 aliphatic heterocycles. The molecular weight excluding hydrogens is 653 g/mol. The molecule has 11 rings (SSSR count). The summed E-state index contributed by atoms with van der Waals surface area (Å²) in [5.41, 5.74) is 11.8. The maximum Gasteiger partial charge on any atom is 0.0541 e. The summed E-state index contributed by atoms with van der Waals surface area (Å²) in [5.74, 6) is 0. The second kappa shape index (κ2) is 12.2. The van der Waals surface area contributed by atoms with Crippen LogP contribution in [0.2, 0.25) is 0 Å². The Hall–Kier alpha value is -7.16. The van der Waals surface area contributed by atoms with Crippen molar-refractivity contribution in [3.8, 4) is 45.0 Å². The number of rotatable bonds is 5. The molecule has 0 fully saturated rings. The fraction of sp³-hybridized carbons (Fsp3) is 0. The highest BCUT2D eigenvalue weighted by Gasteiger charge is 2.17. The molecule has 2 aromatic heterocycles. The van der Waals surface area contributed by atoms with Gasteiger partial charge in [-0.1, -0.05) is 140 Å². The first-order valence-corrected chi connectivity index (χ1v) is 18.6. The lowest BCUT2D eigenvalue weighted by molar-refractivity contribution is 1.13. The minimum atomic E-state index is 1.15. The van der Waals surface area contributed by atoms with Gasteiger partial charge in [-0.15, -0.1) is 0 Å². The molecule has 0 aliphatic carbocycles. The van der Waals surface area contributed by atoms with Gasteiger partial charge in [0.05, 0.1) is 22.4 Å². The van der Waals surface area contributed by atoms with Crippen molar-refractivity contribution in [1.29, 1.82) is 0 Å². The number of nitrogens with zero attached hydrogens (tertiary/aromatic N) is 2. The number of fused-ring (bicyclic) bond motifs is 5. The normalized spacial score (nSPS) is 11.7. The summed E-state index contributed by atoms with van der Waals surface area (Å²) < 4.78 is 4.84. The van der Waals surface area contributed by atoms with Gasteiger partial charge in [-0.3, -0.25) is 0 Å². The average Bonchev–Trinajstić information content (AvgIpc) is 3.82. The van der Waals surface area contributed by atoms with Gasteiger partial charge in [-0.05, 0) is 121 Å². The highest BCUT2D eigenvalue weighted by molar-refractivity contribution is 5.98. The van der Waals surface area contributed by atoms with Gasteiger partial charge in [-0.2, -0.15) is 0 Å². The second-order valence-electron chi connectivity index (χ2n) is 14.3. The first kappa shape index (κ1) is 30.5. The molecule has 0 saturated heterocycles. The number of aromatic nitrogens is 2. The fourth-order valence-electron chi connectivity index (χ4n) is 8.35. The molecule has 0 atom stereocenters. The maximum atomic E-state index is 2.44. The summed E-state index contributed by atoms with van der Waals surface area (Å²) in [6, 6.07) is 75.5. The van der Waals surface area contributed by atoms with E-state index >= 15 is 0 Å². The van der Waals surface area contributed by atoms with Gasteiger partial charge in [0, 0.05) is 22.1 Å². The third kappa shape index (κ3) is 5.03. The molecule has 0 bridgehead atoms. The summed E-state index contributed by atoms with van der Waals surface area (Å²) in [7, 11) is 0. The van der Waals surface area contributed by atoms with E-state index in [2.05, 4.69) is 215 Å². The Bertz CT molecular complexity index is 3220. The van der Waals surface area contributed by atoms with Crippen molar-refractivity contribution in [3.05, 3.63) is 206 Å². The van der Waals surface area contributed by atoms with Crippen molar-refractivity contribution in [3.63, 3.8) is 0 Å². The van der Waals surface area contributed by atoms with Crippen LogP contribution in [0, 0.1) is 0 Å². The minimum Gasteiger partial charge on any atom is -0.309 e. The van der Waals surface area contributed by atoms with Gasteiger partial charge >= 0.3 is 0 Å². The molecule has 2 nitrogen and oxygen atoms in total. The van der Waals surface area contributed by atoms with Crippen LogP contribution in [0.5, 0.6) is 0 Å². The molecule has 0 aliphatic rings. The van der Waals surface area contributed by atoms with Crippen molar-refractivity contribution in [2.24, 2.45) is 0 Å². The zero-order valence-electron chi connectivity index (χ0n) is 29.5. The second-order valence-corrected chi connectivity index (χ2v) is 14.3. The monoisotopic (exact) mass is 686 g/mol. The Morgan fingerprint density at radius 1 is 0.222 bits per heavy atom. The SMILES string of the molecule is c1ccc(-n2c(-c3ccc4ccccc4c3)cc3cc(-c4ccc5cc(-c6ccc7ccccc7c6)n(-c6ccc7ccccc7c6)c5c4)ccc32)cc1. The summed E-state index contributed by atoms with van der Waals surface area (Å²) in [5, 5.41) is 9.87. The van der Waals surface area contributed by atoms with E-state index < -0.39 is 0 Å². The highest BCUT2D eigenvalue weighted by Crippen LogP contribution is 2.39. The molecule has 252 valence electrons. The molecule has 0 spiro atoms. The number of hydrogen-bond acceptors (Lipinski definition) is 0. The third-order valence-corrected chi connectivity index (χ3v) is 11.0. The first-order valence-electron chi connectivity index (χ1n) is 18.6. The van der Waals surface area contributed by atoms with Crippen LogP contribution in [-0.4, -0.2) is 9.13 Å². The molecule has 2 heterocycles. The Morgan fingerprint density at radius 3 is 1.31 bits per heavy atom. The van der Waals surface area contributed by atoms with Gasteiger partial charge in [0.25, 0.3) is 0 Å². The standard InChI is InChI=1S/C52H34N2/c1-2-16-47(17-3-1)53-49-27-25-41(30-46(49)34-52(53)44-22-19-36-11-5-8-14-39(36)29-44)42-20-23-45-33-51(43-21-18-35-10-4-7-13-38(35)28-43)54(50(45)32-42)48-26-24-37-12-6-9-15-40(37)31-48/h1-34H. The Morgan fingerprint density at radius 2 is 0.667 bits per heavy atom. The summed E-state index contributed by atoms with van der Waals surface area (Å²) >= 11 is 0. The van der Waals surface area contributed by atoms with E-state index in [4.69, 9.17) is 0 Å². The number of hydrogen-bond donors (Lipinski definition) is 0. The van der Waals surface area contributed by atoms with Gasteiger partial charge < -0.3 is 9.13 Å². The van der Waals surface area contributed by atoms with Crippen LogP contribution in [0.1, 0.15) is 0 Å². The largest absolute Gasteiger partial charge is 0.309 e. The number of para-hydroxylation sites is 1. The summed E-state index contributed by atoms with van der Waals surface area (Å²) in [4.78, 5) is 0. The van der Waals surface area contributed by atoms with Crippen LogP contribution in [0.25, 0.3) is 99.1 Å². The summed E-state index contributed by atoms with van der Waals surface area (Å²) in [6.07, 6.45) is 0. The van der Waals surface area contributed by atoms with Crippen LogP contribution in [0.3, 0.4) is 0 Å². The molecule has 0 N–H and O–H groups in total. The molecule has 0 unspecified atom stereocenters. The van der Waals surface area contributed by atoms with Gasteiger partial charge in [0.15, 0.2) is 0 Å². The molecular formula is C52H34N2. The minimum absolute atomic E-state index is 1.15. The molecule has 54 heavy (non-hydrogen) atoms.